The number of nitrogens with zero attached hydrogens (tertiary/aromatic N) is 3. The van der Waals surface area contributed by atoms with Gasteiger partial charge < -0.3 is 19.1 Å². The fraction of sp³-hybridized carbons (Fsp3) is 0.448. The number of ether oxygens (including phenoxy) is 1. The fourth-order valence-corrected chi connectivity index (χ4v) is 5.06. The molecule has 0 spiro atoms. The van der Waals surface area contributed by atoms with E-state index >= 15 is 0 Å². The molecule has 0 radical (unpaired) electrons. The number of carbonyl (C=O) groups is 2. The Kier molecular flexibility index (Phi) is 7.79. The number of para-hydroxylation sites is 2. The molecule has 186 valence electrons. The molecular formula is C29H37N3O3. The normalized spacial score (nSPS) is 17.6. The fourth-order valence-electron chi connectivity index (χ4n) is 5.06. The number of rotatable bonds is 4. The zero-order chi connectivity index (χ0) is 24.9. The highest BCUT2D eigenvalue weighted by atomic mass is 16.5. The topological polar surface area (TPSA) is 54.8 Å². The largest absolute Gasteiger partial charge is 0.491 e. The van der Waals surface area contributed by atoms with Crippen LogP contribution in [0.1, 0.15) is 60.7 Å². The Morgan fingerprint density at radius 2 is 1.77 bits per heavy atom. The number of fused-ring (bicyclic) bond motifs is 2. The van der Waals surface area contributed by atoms with E-state index in [9.17, 15) is 9.59 Å². The van der Waals surface area contributed by atoms with Gasteiger partial charge in [0.05, 0.1) is 17.2 Å². The van der Waals surface area contributed by atoms with Gasteiger partial charge in [0.15, 0.2) is 0 Å². The van der Waals surface area contributed by atoms with Crippen molar-refractivity contribution in [3.8, 4) is 5.75 Å². The summed E-state index contributed by atoms with van der Waals surface area (Å²) >= 11 is 0. The first-order valence-electron chi connectivity index (χ1n) is 12.8. The molecule has 1 aromatic heterocycles. The summed E-state index contributed by atoms with van der Waals surface area (Å²) in [5, 5.41) is 0.975. The number of aryl methyl sites for hydroxylation is 1. The molecule has 0 fully saturated rings. The molecule has 2 aromatic carbocycles. The second kappa shape index (κ2) is 11.0. The van der Waals surface area contributed by atoms with Gasteiger partial charge in [-0.15, -0.1) is 0 Å². The highest BCUT2D eigenvalue weighted by molar-refractivity contribution is 6.07. The molecule has 0 saturated carbocycles. The van der Waals surface area contributed by atoms with Crippen molar-refractivity contribution in [1.29, 1.82) is 0 Å². The molecule has 0 aliphatic carbocycles. The Labute approximate surface area is 208 Å². The van der Waals surface area contributed by atoms with Gasteiger partial charge in [0.1, 0.15) is 12.4 Å². The lowest BCUT2D eigenvalue weighted by molar-refractivity contribution is 0.0557. The SMILES string of the molecule is CCN1CCCCN(C(=O)c2cn(C)c3ccccc23)[C@@H](CC(C)C)COc2ccccc2C1=O. The van der Waals surface area contributed by atoms with Gasteiger partial charge in [-0.1, -0.05) is 44.2 Å². The van der Waals surface area contributed by atoms with E-state index < -0.39 is 0 Å². The van der Waals surface area contributed by atoms with Gasteiger partial charge in [-0.2, -0.15) is 0 Å². The molecule has 3 aromatic rings. The molecular weight excluding hydrogens is 438 g/mol. The zero-order valence-corrected chi connectivity index (χ0v) is 21.4. The summed E-state index contributed by atoms with van der Waals surface area (Å²) in [5.41, 5.74) is 2.37. The van der Waals surface area contributed by atoms with Crippen LogP contribution in [0, 0.1) is 5.92 Å². The first-order valence-corrected chi connectivity index (χ1v) is 12.8. The van der Waals surface area contributed by atoms with Crippen molar-refractivity contribution in [2.24, 2.45) is 13.0 Å². The Hall–Kier alpha value is -3.28. The summed E-state index contributed by atoms with van der Waals surface area (Å²) < 4.78 is 8.32. The number of carbonyl (C=O) groups excluding carboxylic acids is 2. The number of hydrogen-bond donors (Lipinski definition) is 0. The second-order valence-electron chi connectivity index (χ2n) is 9.85. The summed E-state index contributed by atoms with van der Waals surface area (Å²) in [5.74, 6) is 1.03. The van der Waals surface area contributed by atoms with E-state index in [0.29, 0.717) is 43.5 Å². The lowest BCUT2D eigenvalue weighted by Crippen LogP contribution is -2.45. The number of amides is 2. The molecule has 1 aliphatic heterocycles. The lowest BCUT2D eigenvalue weighted by atomic mass is 10.0. The predicted molar refractivity (Wildman–Crippen MR) is 140 cm³/mol. The molecule has 1 aliphatic rings. The van der Waals surface area contributed by atoms with Gasteiger partial charge in [0, 0.05) is 43.8 Å². The molecule has 6 heteroatoms. The van der Waals surface area contributed by atoms with E-state index in [2.05, 4.69) is 13.8 Å². The first-order chi connectivity index (χ1) is 16.9. The third-order valence-corrected chi connectivity index (χ3v) is 6.87. The molecule has 0 N–H and O–H groups in total. The molecule has 4 rings (SSSR count). The van der Waals surface area contributed by atoms with Crippen LogP contribution in [-0.2, 0) is 7.05 Å². The van der Waals surface area contributed by atoms with E-state index in [-0.39, 0.29) is 17.9 Å². The van der Waals surface area contributed by atoms with Crippen LogP contribution in [0.15, 0.2) is 54.7 Å². The predicted octanol–water partition coefficient (Wildman–Crippen LogP) is 5.37. The van der Waals surface area contributed by atoms with Gasteiger partial charge in [0.25, 0.3) is 11.8 Å². The summed E-state index contributed by atoms with van der Waals surface area (Å²) in [6, 6.07) is 15.4. The van der Waals surface area contributed by atoms with Crippen LogP contribution >= 0.6 is 0 Å². The van der Waals surface area contributed by atoms with E-state index in [1.807, 2.05) is 83.1 Å². The van der Waals surface area contributed by atoms with E-state index in [1.165, 1.54) is 0 Å². The first kappa shape index (κ1) is 24.8. The van der Waals surface area contributed by atoms with Crippen LogP contribution in [0.3, 0.4) is 0 Å². The Morgan fingerprint density at radius 3 is 2.54 bits per heavy atom. The molecule has 0 unspecified atom stereocenters. The number of hydrogen-bond acceptors (Lipinski definition) is 3. The Bertz CT molecular complexity index is 1180. The third kappa shape index (κ3) is 5.37. The minimum absolute atomic E-state index is 0.00720. The molecule has 6 nitrogen and oxygen atoms in total. The van der Waals surface area contributed by atoms with Crippen molar-refractivity contribution in [3.05, 3.63) is 65.9 Å². The average Bonchev–Trinajstić information content (AvgIpc) is 3.19. The second-order valence-corrected chi connectivity index (χ2v) is 9.85. The van der Waals surface area contributed by atoms with E-state index in [4.69, 9.17) is 4.74 Å². The molecule has 35 heavy (non-hydrogen) atoms. The van der Waals surface area contributed by atoms with Gasteiger partial charge in [-0.3, -0.25) is 9.59 Å². The van der Waals surface area contributed by atoms with Crippen molar-refractivity contribution < 1.29 is 14.3 Å². The van der Waals surface area contributed by atoms with Crippen molar-refractivity contribution in [2.45, 2.75) is 46.1 Å². The quantitative estimate of drug-likeness (QED) is 0.510. The van der Waals surface area contributed by atoms with Gasteiger partial charge >= 0.3 is 0 Å². The molecule has 2 heterocycles. The standard InChI is InChI=1S/C29H37N3O3/c1-5-31-16-10-11-17-32(29(34)25-19-30(4)26-14-8-6-12-23(25)26)22(18-21(2)3)20-35-27-15-9-7-13-24(27)28(31)33/h6-9,12-15,19,21-22H,5,10-11,16-18,20H2,1-4H3/t22-/m0/s1. The van der Waals surface area contributed by atoms with Crippen LogP contribution in [0.25, 0.3) is 10.9 Å². The minimum Gasteiger partial charge on any atom is -0.491 e. The molecule has 2 amide bonds. The third-order valence-electron chi connectivity index (χ3n) is 6.87. The Balaban J connectivity index is 1.71. The maximum Gasteiger partial charge on any atom is 0.257 e. The van der Waals surface area contributed by atoms with Crippen molar-refractivity contribution in [3.63, 3.8) is 0 Å². The van der Waals surface area contributed by atoms with Crippen LogP contribution in [0.4, 0.5) is 0 Å². The van der Waals surface area contributed by atoms with E-state index in [0.717, 1.165) is 35.7 Å². The van der Waals surface area contributed by atoms with Gasteiger partial charge in [-0.25, -0.2) is 0 Å². The highest BCUT2D eigenvalue weighted by Crippen LogP contribution is 2.26. The van der Waals surface area contributed by atoms with E-state index in [1.54, 1.807) is 0 Å². The van der Waals surface area contributed by atoms with Crippen molar-refractivity contribution >= 4 is 22.7 Å². The molecule has 0 bridgehead atoms. The average molecular weight is 476 g/mol. The molecule has 0 saturated heterocycles. The highest BCUT2D eigenvalue weighted by Gasteiger charge is 2.29. The summed E-state index contributed by atoms with van der Waals surface area (Å²) in [4.78, 5) is 31.1. The van der Waals surface area contributed by atoms with Crippen LogP contribution in [0.2, 0.25) is 0 Å². The van der Waals surface area contributed by atoms with Crippen molar-refractivity contribution in [1.82, 2.24) is 14.4 Å². The Morgan fingerprint density at radius 1 is 1.06 bits per heavy atom. The number of benzene rings is 2. The number of aromatic nitrogens is 1. The maximum absolute atomic E-state index is 14.0. The lowest BCUT2D eigenvalue weighted by Gasteiger charge is -2.34. The smallest absolute Gasteiger partial charge is 0.257 e. The summed E-state index contributed by atoms with van der Waals surface area (Å²) in [7, 11) is 1.98. The van der Waals surface area contributed by atoms with Crippen LogP contribution < -0.4 is 4.74 Å². The summed E-state index contributed by atoms with van der Waals surface area (Å²) in [6.45, 7) is 8.64. The van der Waals surface area contributed by atoms with Gasteiger partial charge in [-0.05, 0) is 50.3 Å². The zero-order valence-electron chi connectivity index (χ0n) is 21.4. The van der Waals surface area contributed by atoms with Crippen LogP contribution in [-0.4, -0.2) is 58.5 Å². The molecule has 1 atom stereocenters. The van der Waals surface area contributed by atoms with Crippen molar-refractivity contribution in [2.75, 3.05) is 26.2 Å². The summed E-state index contributed by atoms with van der Waals surface area (Å²) in [6.07, 6.45) is 4.45. The minimum atomic E-state index is -0.0914. The maximum atomic E-state index is 14.0. The van der Waals surface area contributed by atoms with Crippen LogP contribution in [0.5, 0.6) is 5.75 Å². The monoisotopic (exact) mass is 475 g/mol. The van der Waals surface area contributed by atoms with Gasteiger partial charge in [0.2, 0.25) is 0 Å².